The quantitative estimate of drug-likeness (QED) is 0.146. The number of amides is 1. The maximum Gasteiger partial charge on any atom is 0.280 e. The second kappa shape index (κ2) is 10.6. The summed E-state index contributed by atoms with van der Waals surface area (Å²) in [7, 11) is 0. The number of aromatic nitrogens is 1. The number of para-hydroxylation sites is 2. The fourth-order valence-electron chi connectivity index (χ4n) is 3.88. The van der Waals surface area contributed by atoms with E-state index >= 15 is 0 Å². The second-order valence-corrected chi connectivity index (χ2v) is 10.4. The molecule has 0 saturated carbocycles. The molecule has 0 aliphatic heterocycles. The van der Waals surface area contributed by atoms with Crippen molar-refractivity contribution in [1.82, 2.24) is 4.98 Å². The molecule has 7 nitrogen and oxygen atoms in total. The van der Waals surface area contributed by atoms with Crippen molar-refractivity contribution >= 4 is 65.7 Å². The number of thiazole rings is 1. The van der Waals surface area contributed by atoms with Gasteiger partial charge in [-0.2, -0.15) is 10.1 Å². The van der Waals surface area contributed by atoms with Crippen LogP contribution in [0.4, 0.5) is 5.13 Å². The van der Waals surface area contributed by atoms with E-state index in [1.165, 1.54) is 28.8 Å². The highest BCUT2D eigenvalue weighted by molar-refractivity contribution is 9.10. The van der Waals surface area contributed by atoms with E-state index in [2.05, 4.69) is 26.0 Å². The Morgan fingerprint density at radius 1 is 0.949 bits per heavy atom. The van der Waals surface area contributed by atoms with E-state index in [-0.39, 0.29) is 11.0 Å². The lowest BCUT2D eigenvalue weighted by Gasteiger charge is -2.14. The van der Waals surface area contributed by atoms with Crippen LogP contribution in [0, 0.1) is 0 Å². The van der Waals surface area contributed by atoms with Crippen molar-refractivity contribution in [3.63, 3.8) is 0 Å². The molecule has 1 amide bonds. The Labute approximate surface area is 234 Å². The molecule has 2 aromatic heterocycles. The van der Waals surface area contributed by atoms with Crippen molar-refractivity contribution < 1.29 is 13.9 Å². The summed E-state index contributed by atoms with van der Waals surface area (Å²) in [5.41, 5.74) is 1.54. The van der Waals surface area contributed by atoms with Gasteiger partial charge in [0, 0.05) is 10.0 Å². The first kappa shape index (κ1) is 24.7. The number of hydrogen-bond donors (Lipinski definition) is 0. The molecule has 0 bridgehead atoms. The van der Waals surface area contributed by atoms with Crippen LogP contribution in [0.5, 0.6) is 11.5 Å². The molecule has 6 rings (SSSR count). The molecule has 0 aliphatic rings. The van der Waals surface area contributed by atoms with Crippen LogP contribution in [0.3, 0.4) is 0 Å². The van der Waals surface area contributed by atoms with Crippen LogP contribution < -0.4 is 15.2 Å². The summed E-state index contributed by atoms with van der Waals surface area (Å²) in [6, 6.07) is 28.8. The maximum atomic E-state index is 13.7. The van der Waals surface area contributed by atoms with E-state index in [4.69, 9.17) is 9.15 Å². The minimum Gasteiger partial charge on any atom is -0.463 e. The van der Waals surface area contributed by atoms with E-state index in [0.29, 0.717) is 33.2 Å². The largest absolute Gasteiger partial charge is 0.463 e. The van der Waals surface area contributed by atoms with Crippen molar-refractivity contribution in [2.24, 2.45) is 5.10 Å². The molecule has 190 valence electrons. The zero-order valence-electron chi connectivity index (χ0n) is 20.2. The summed E-state index contributed by atoms with van der Waals surface area (Å²) in [4.78, 5) is 31.3. The lowest BCUT2D eigenvalue weighted by Crippen LogP contribution is -2.26. The fourth-order valence-corrected chi connectivity index (χ4v) is 5.35. The number of benzene rings is 4. The molecule has 0 atom stereocenters. The lowest BCUT2D eigenvalue weighted by atomic mass is 10.2. The molecular formula is C30H18BrN3O4S. The van der Waals surface area contributed by atoms with Gasteiger partial charge in [0.15, 0.2) is 0 Å². The van der Waals surface area contributed by atoms with Crippen LogP contribution in [0.1, 0.15) is 15.9 Å². The molecule has 0 fully saturated rings. The van der Waals surface area contributed by atoms with Crippen LogP contribution in [0.25, 0.3) is 21.2 Å². The Bertz CT molecular complexity index is 1900. The molecule has 9 heteroatoms. The van der Waals surface area contributed by atoms with E-state index in [1.807, 2.05) is 48.5 Å². The van der Waals surface area contributed by atoms with Gasteiger partial charge >= 0.3 is 0 Å². The Morgan fingerprint density at radius 2 is 1.69 bits per heavy atom. The van der Waals surface area contributed by atoms with Crippen molar-refractivity contribution in [2.75, 3.05) is 5.01 Å². The number of anilines is 1. The summed E-state index contributed by atoms with van der Waals surface area (Å²) in [5.74, 6) is 0.866. The topological polar surface area (TPSA) is 85.0 Å². The van der Waals surface area contributed by atoms with Gasteiger partial charge in [0.25, 0.3) is 5.91 Å². The first-order valence-corrected chi connectivity index (χ1v) is 13.4. The van der Waals surface area contributed by atoms with E-state index in [0.717, 1.165) is 14.7 Å². The predicted molar refractivity (Wildman–Crippen MR) is 157 cm³/mol. The number of halogens is 1. The molecule has 2 heterocycles. The van der Waals surface area contributed by atoms with Gasteiger partial charge in [-0.3, -0.25) is 9.59 Å². The SMILES string of the molecule is O=C(c1ccc(Oc2ccccc2)cc1)N(/N=C/c1coc2ccccc2c1=O)c1nc2ccc(Br)cc2s1. The Balaban J connectivity index is 1.36. The molecule has 6 aromatic rings. The molecule has 0 aliphatic carbocycles. The van der Waals surface area contributed by atoms with Crippen molar-refractivity contribution in [1.29, 1.82) is 0 Å². The minimum atomic E-state index is -0.416. The third-order valence-electron chi connectivity index (χ3n) is 5.81. The minimum absolute atomic E-state index is 0.210. The van der Waals surface area contributed by atoms with Crippen molar-refractivity contribution in [3.8, 4) is 11.5 Å². The first-order valence-electron chi connectivity index (χ1n) is 11.8. The third kappa shape index (κ3) is 5.22. The Kier molecular flexibility index (Phi) is 6.75. The second-order valence-electron chi connectivity index (χ2n) is 8.43. The Morgan fingerprint density at radius 3 is 2.51 bits per heavy atom. The van der Waals surface area contributed by atoms with Crippen LogP contribution in [-0.2, 0) is 0 Å². The molecule has 0 unspecified atom stereocenters. The van der Waals surface area contributed by atoms with E-state index in [1.54, 1.807) is 48.5 Å². The van der Waals surface area contributed by atoms with Crippen molar-refractivity contribution in [3.05, 3.63) is 129 Å². The number of carbonyl (C=O) groups excluding carboxylic acids is 1. The van der Waals surface area contributed by atoms with E-state index < -0.39 is 5.91 Å². The molecule has 0 N–H and O–H groups in total. The van der Waals surface area contributed by atoms with Gasteiger partial charge in [-0.05, 0) is 66.7 Å². The number of rotatable bonds is 6. The summed E-state index contributed by atoms with van der Waals surface area (Å²) in [5, 5.41) is 6.40. The van der Waals surface area contributed by atoms with Gasteiger partial charge in [-0.1, -0.05) is 57.6 Å². The molecule has 0 saturated heterocycles. The monoisotopic (exact) mass is 595 g/mol. The zero-order valence-corrected chi connectivity index (χ0v) is 22.6. The highest BCUT2D eigenvalue weighted by Gasteiger charge is 2.22. The molecule has 39 heavy (non-hydrogen) atoms. The Hall–Kier alpha value is -4.60. The van der Waals surface area contributed by atoms with Gasteiger partial charge in [-0.25, -0.2) is 4.98 Å². The maximum absolute atomic E-state index is 13.7. The first-order chi connectivity index (χ1) is 19.0. The molecule has 0 radical (unpaired) electrons. The van der Waals surface area contributed by atoms with Gasteiger partial charge < -0.3 is 9.15 Å². The van der Waals surface area contributed by atoms with Crippen molar-refractivity contribution in [2.45, 2.75) is 0 Å². The molecular weight excluding hydrogens is 578 g/mol. The average molecular weight is 596 g/mol. The van der Waals surface area contributed by atoms with Crippen LogP contribution in [0.2, 0.25) is 0 Å². The number of fused-ring (bicyclic) bond motifs is 2. The van der Waals surface area contributed by atoms with E-state index in [9.17, 15) is 9.59 Å². The fraction of sp³-hybridized carbons (Fsp3) is 0. The number of carbonyl (C=O) groups is 1. The zero-order chi connectivity index (χ0) is 26.8. The summed E-state index contributed by atoms with van der Waals surface area (Å²) in [6.07, 6.45) is 2.66. The number of hydrogen-bond acceptors (Lipinski definition) is 7. The summed E-state index contributed by atoms with van der Waals surface area (Å²) < 4.78 is 13.2. The lowest BCUT2D eigenvalue weighted by molar-refractivity contribution is 0.0988. The van der Waals surface area contributed by atoms with Crippen LogP contribution >= 0.6 is 27.3 Å². The van der Waals surface area contributed by atoms with Gasteiger partial charge in [-0.15, -0.1) is 0 Å². The van der Waals surface area contributed by atoms with Crippen LogP contribution in [-0.4, -0.2) is 17.1 Å². The predicted octanol–water partition coefficient (Wildman–Crippen LogP) is 7.64. The highest BCUT2D eigenvalue weighted by atomic mass is 79.9. The van der Waals surface area contributed by atoms with Gasteiger partial charge in [0.2, 0.25) is 10.6 Å². The summed E-state index contributed by atoms with van der Waals surface area (Å²) >= 11 is 4.79. The number of ether oxygens (including phenoxy) is 1. The summed E-state index contributed by atoms with van der Waals surface area (Å²) in [6.45, 7) is 0. The van der Waals surface area contributed by atoms with Gasteiger partial charge in [0.1, 0.15) is 23.3 Å². The number of nitrogens with zero attached hydrogens (tertiary/aromatic N) is 3. The highest BCUT2D eigenvalue weighted by Crippen LogP contribution is 2.32. The normalized spacial score (nSPS) is 11.3. The average Bonchev–Trinajstić information content (AvgIpc) is 3.38. The third-order valence-corrected chi connectivity index (χ3v) is 7.30. The number of hydrazone groups is 1. The smallest absolute Gasteiger partial charge is 0.280 e. The van der Waals surface area contributed by atoms with Crippen LogP contribution in [0.15, 0.2) is 122 Å². The van der Waals surface area contributed by atoms with Gasteiger partial charge in [0.05, 0.1) is 27.4 Å². The standard InChI is InChI=1S/C30H18BrN3O4S/c31-21-12-15-25-27(16-21)39-30(33-25)34(32-17-20-18-37-26-9-5-4-8-24(26)28(20)35)29(36)19-10-13-23(14-11-19)38-22-6-2-1-3-7-22/h1-18H/b32-17+. The molecule has 0 spiro atoms. The molecule has 4 aromatic carbocycles.